The summed E-state index contributed by atoms with van der Waals surface area (Å²) in [5.41, 5.74) is 0.200. The Labute approximate surface area is 254 Å². The first-order valence-corrected chi connectivity index (χ1v) is 18.0. The van der Waals surface area contributed by atoms with Crippen LogP contribution in [0.5, 0.6) is 0 Å². The second kappa shape index (κ2) is 11.3. The third-order valence-corrected chi connectivity index (χ3v) is 14.1. The Kier molecular flexibility index (Phi) is 8.91. The predicted molar refractivity (Wildman–Crippen MR) is 165 cm³/mol. The van der Waals surface area contributed by atoms with Gasteiger partial charge >= 0.3 is 6.09 Å². The van der Waals surface area contributed by atoms with Gasteiger partial charge in [-0.2, -0.15) is 5.10 Å². The maximum absolute atomic E-state index is 15.2. The molecule has 7 nitrogen and oxygen atoms in total. The molecule has 0 aliphatic carbocycles. The first-order chi connectivity index (χ1) is 18.4. The van der Waals surface area contributed by atoms with Crippen molar-refractivity contribution < 1.29 is 18.3 Å². The predicted octanol–water partition coefficient (Wildman–Crippen LogP) is 9.15. The largest absolute Gasteiger partial charge is 0.444 e. The molecular formula is C28H38BrCl2FN4O3Si. The SMILES string of the molecule is CC(C)(C)OC(=O)N1CC[C@H](n2ncc3c(Cl)nc4c(F)c(Br)c(Cl)cc4c32)C[C@H]1CCO[Si](C)(C)C(C)(C)C. The van der Waals surface area contributed by atoms with E-state index in [-0.39, 0.29) is 43.4 Å². The number of nitrogens with zero attached hydrogens (tertiary/aromatic N) is 4. The van der Waals surface area contributed by atoms with Crippen LogP contribution in [0.3, 0.4) is 0 Å². The lowest BCUT2D eigenvalue weighted by atomic mass is 9.95. The van der Waals surface area contributed by atoms with Gasteiger partial charge in [0.05, 0.1) is 32.6 Å². The Morgan fingerprint density at radius 1 is 1.20 bits per heavy atom. The minimum atomic E-state index is -1.96. The van der Waals surface area contributed by atoms with Crippen molar-refractivity contribution >= 4 is 75.3 Å². The molecule has 0 bridgehead atoms. The van der Waals surface area contributed by atoms with E-state index in [1.165, 1.54) is 0 Å². The average Bonchev–Trinajstić information content (AvgIpc) is 3.28. The van der Waals surface area contributed by atoms with E-state index in [9.17, 15) is 4.79 Å². The molecule has 1 amide bonds. The molecule has 3 heterocycles. The molecular weight excluding hydrogens is 638 g/mol. The van der Waals surface area contributed by atoms with Gasteiger partial charge in [0.1, 0.15) is 16.3 Å². The summed E-state index contributed by atoms with van der Waals surface area (Å²) < 4.78 is 29.4. The number of pyridine rings is 1. The van der Waals surface area contributed by atoms with Crippen molar-refractivity contribution in [2.75, 3.05) is 13.2 Å². The number of carbonyl (C=O) groups excluding carboxylic acids is 1. The van der Waals surface area contributed by atoms with Crippen LogP contribution in [0.1, 0.15) is 66.8 Å². The van der Waals surface area contributed by atoms with Gasteiger partial charge in [-0.05, 0) is 80.2 Å². The number of aromatic nitrogens is 3. The lowest BCUT2D eigenvalue weighted by Crippen LogP contribution is -2.49. The zero-order valence-corrected chi connectivity index (χ0v) is 28.5. The molecule has 1 aromatic carbocycles. The highest BCUT2D eigenvalue weighted by Gasteiger charge is 2.39. The molecule has 0 saturated carbocycles. The molecule has 2 atom stereocenters. The smallest absolute Gasteiger partial charge is 0.410 e. The number of benzene rings is 1. The molecule has 3 aromatic rings. The molecule has 0 unspecified atom stereocenters. The van der Waals surface area contributed by atoms with E-state index in [0.29, 0.717) is 48.7 Å². The number of halogens is 4. The molecule has 0 radical (unpaired) electrons. The van der Waals surface area contributed by atoms with Gasteiger partial charge in [0.25, 0.3) is 0 Å². The Hall–Kier alpha value is -1.46. The van der Waals surface area contributed by atoms with Crippen LogP contribution in [0.4, 0.5) is 9.18 Å². The van der Waals surface area contributed by atoms with E-state index in [0.717, 1.165) is 0 Å². The maximum Gasteiger partial charge on any atom is 0.410 e. The first-order valence-electron chi connectivity index (χ1n) is 13.5. The Bertz CT molecular complexity index is 1440. The van der Waals surface area contributed by atoms with E-state index < -0.39 is 19.7 Å². The van der Waals surface area contributed by atoms with Crippen LogP contribution in [0, 0.1) is 5.82 Å². The molecule has 220 valence electrons. The molecule has 4 rings (SSSR count). The summed E-state index contributed by atoms with van der Waals surface area (Å²) in [7, 11) is -1.96. The summed E-state index contributed by atoms with van der Waals surface area (Å²) in [5.74, 6) is -0.570. The molecule has 0 N–H and O–H groups in total. The van der Waals surface area contributed by atoms with Crippen LogP contribution < -0.4 is 0 Å². The minimum absolute atomic E-state index is 0.0683. The average molecular weight is 677 g/mol. The third kappa shape index (κ3) is 6.31. The summed E-state index contributed by atoms with van der Waals surface area (Å²) in [6.07, 6.45) is 3.27. The van der Waals surface area contributed by atoms with Crippen LogP contribution in [-0.4, -0.2) is 58.9 Å². The molecule has 12 heteroatoms. The van der Waals surface area contributed by atoms with Gasteiger partial charge in [-0.25, -0.2) is 14.2 Å². The number of piperidine rings is 1. The third-order valence-electron chi connectivity index (χ3n) is 8.00. The lowest BCUT2D eigenvalue weighted by Gasteiger charge is -2.41. The Morgan fingerprint density at radius 3 is 2.50 bits per heavy atom. The molecule has 40 heavy (non-hydrogen) atoms. The van der Waals surface area contributed by atoms with Crippen molar-refractivity contribution in [3.63, 3.8) is 0 Å². The van der Waals surface area contributed by atoms with E-state index in [2.05, 4.69) is 59.9 Å². The van der Waals surface area contributed by atoms with E-state index >= 15 is 4.39 Å². The van der Waals surface area contributed by atoms with E-state index in [4.69, 9.17) is 32.4 Å². The van der Waals surface area contributed by atoms with Crippen LogP contribution in [-0.2, 0) is 9.16 Å². The normalized spacial score (nSPS) is 19.1. The molecule has 1 aliphatic rings. The summed E-state index contributed by atoms with van der Waals surface area (Å²) in [4.78, 5) is 19.4. The molecule has 0 spiro atoms. The molecule has 1 saturated heterocycles. The number of fused-ring (bicyclic) bond motifs is 3. The van der Waals surface area contributed by atoms with Crippen molar-refractivity contribution in [3.8, 4) is 0 Å². The van der Waals surface area contributed by atoms with E-state index in [1.807, 2.05) is 30.4 Å². The highest BCUT2D eigenvalue weighted by atomic mass is 79.9. The Morgan fingerprint density at radius 2 is 1.88 bits per heavy atom. The van der Waals surface area contributed by atoms with E-state index in [1.54, 1.807) is 12.3 Å². The number of rotatable bonds is 5. The number of amides is 1. The van der Waals surface area contributed by atoms with Crippen LogP contribution >= 0.6 is 39.1 Å². The highest BCUT2D eigenvalue weighted by Crippen LogP contribution is 2.40. The van der Waals surface area contributed by atoms with Gasteiger partial charge in [-0.15, -0.1) is 0 Å². The summed E-state index contributed by atoms with van der Waals surface area (Å²) in [6, 6.07) is 1.49. The van der Waals surface area contributed by atoms with Crippen LogP contribution in [0.15, 0.2) is 16.7 Å². The summed E-state index contributed by atoms with van der Waals surface area (Å²) in [6.45, 7) is 17.7. The van der Waals surface area contributed by atoms with Gasteiger partial charge in [0, 0.05) is 24.6 Å². The number of likely N-dealkylation sites (tertiary alicyclic amines) is 1. The van der Waals surface area contributed by atoms with Crippen molar-refractivity contribution in [2.24, 2.45) is 0 Å². The van der Waals surface area contributed by atoms with Crippen molar-refractivity contribution in [1.29, 1.82) is 0 Å². The van der Waals surface area contributed by atoms with Crippen LogP contribution in [0.25, 0.3) is 21.8 Å². The van der Waals surface area contributed by atoms with Crippen molar-refractivity contribution in [3.05, 3.63) is 32.7 Å². The summed E-state index contributed by atoms with van der Waals surface area (Å²) >= 11 is 16.0. The quantitative estimate of drug-likeness (QED) is 0.153. The first kappa shape index (κ1) is 31.5. The van der Waals surface area contributed by atoms with Crippen LogP contribution in [0.2, 0.25) is 28.3 Å². The second-order valence-electron chi connectivity index (χ2n) is 13.0. The van der Waals surface area contributed by atoms with Gasteiger partial charge in [0.15, 0.2) is 14.1 Å². The zero-order valence-electron chi connectivity index (χ0n) is 24.4. The fourth-order valence-corrected chi connectivity index (χ4v) is 6.62. The topological polar surface area (TPSA) is 69.5 Å². The standard InChI is InChI=1S/C28H38BrCl2FN4O3Si/c1-27(2,3)39-26(37)35-11-9-17(13-16(35)10-12-38-40(7,8)28(4,5)6)36-24-18-14-20(30)21(29)22(32)23(18)34-25(31)19(24)15-33-36/h14-17H,9-13H2,1-8H3/t16-,17+/m1/s1. The molecule has 2 aromatic heterocycles. The molecule has 1 aliphatic heterocycles. The minimum Gasteiger partial charge on any atom is -0.444 e. The Balaban J connectivity index is 1.69. The summed E-state index contributed by atoms with van der Waals surface area (Å²) in [5, 5.41) is 6.34. The molecule has 1 fully saturated rings. The monoisotopic (exact) mass is 674 g/mol. The number of hydrogen-bond donors (Lipinski definition) is 0. The zero-order chi connectivity index (χ0) is 29.8. The fraction of sp³-hybridized carbons (Fsp3) is 0.607. The second-order valence-corrected chi connectivity index (χ2v) is 19.4. The number of hydrogen-bond acceptors (Lipinski definition) is 5. The van der Waals surface area contributed by atoms with Gasteiger partial charge in [-0.3, -0.25) is 4.68 Å². The highest BCUT2D eigenvalue weighted by molar-refractivity contribution is 9.10. The number of ether oxygens (including phenoxy) is 1. The maximum atomic E-state index is 15.2. The van der Waals surface area contributed by atoms with Crippen molar-refractivity contribution in [2.45, 2.75) is 96.6 Å². The fourth-order valence-electron chi connectivity index (χ4n) is 4.85. The van der Waals surface area contributed by atoms with Crippen molar-refractivity contribution in [1.82, 2.24) is 19.7 Å². The number of carbonyl (C=O) groups is 1. The van der Waals surface area contributed by atoms with Gasteiger partial charge < -0.3 is 14.1 Å². The van der Waals surface area contributed by atoms with Gasteiger partial charge in [-0.1, -0.05) is 44.0 Å². The van der Waals surface area contributed by atoms with Gasteiger partial charge in [0.2, 0.25) is 0 Å². The lowest BCUT2D eigenvalue weighted by molar-refractivity contribution is 0.00199.